The number of nitrogens with one attached hydrogen (secondary N) is 1. The van der Waals surface area contributed by atoms with Gasteiger partial charge in [-0.15, -0.1) is 0 Å². The molecule has 12 heavy (non-hydrogen) atoms. The van der Waals surface area contributed by atoms with Crippen LogP contribution in [0.3, 0.4) is 0 Å². The van der Waals surface area contributed by atoms with E-state index in [1.54, 1.807) is 0 Å². The number of carboxylic acid groups (broad SMARTS) is 2. The molecule has 3 N–H and O–H groups in total. The first-order valence-electron chi connectivity index (χ1n) is 3.22. The zero-order valence-electron chi connectivity index (χ0n) is 6.07. The number of aromatic amines is 1. The maximum Gasteiger partial charge on any atom is 0.352 e. The van der Waals surface area contributed by atoms with Gasteiger partial charge in [0.1, 0.15) is 5.69 Å². The summed E-state index contributed by atoms with van der Waals surface area (Å²) >= 11 is 0. The number of hydrogen-bond donors (Lipinski definition) is 3. The largest absolute Gasteiger partial charge is 0.481 e. The van der Waals surface area contributed by atoms with E-state index in [2.05, 4.69) is 4.98 Å². The van der Waals surface area contributed by atoms with Crippen LogP contribution in [0.2, 0.25) is 0 Å². The average Bonchev–Trinajstić information content (AvgIpc) is 2.34. The molecular weight excluding hydrogens is 162 g/mol. The number of aliphatic carboxylic acids is 1. The van der Waals surface area contributed by atoms with Crippen molar-refractivity contribution in [3.63, 3.8) is 0 Å². The summed E-state index contributed by atoms with van der Waals surface area (Å²) in [6, 6.07) is 2.78. The van der Waals surface area contributed by atoms with Crippen molar-refractivity contribution in [1.29, 1.82) is 0 Å². The molecule has 5 heteroatoms. The van der Waals surface area contributed by atoms with E-state index in [-0.39, 0.29) is 12.1 Å². The molecule has 0 radical (unpaired) electrons. The van der Waals surface area contributed by atoms with Crippen LogP contribution in [0, 0.1) is 0 Å². The van der Waals surface area contributed by atoms with E-state index in [4.69, 9.17) is 10.2 Å². The quantitative estimate of drug-likeness (QED) is 0.608. The number of aromatic nitrogens is 1. The molecule has 0 unspecified atom stereocenters. The molecule has 0 amide bonds. The lowest BCUT2D eigenvalue weighted by Crippen LogP contribution is -2.01. The van der Waals surface area contributed by atoms with Crippen LogP contribution in [0.1, 0.15) is 16.2 Å². The van der Waals surface area contributed by atoms with Gasteiger partial charge in [0.2, 0.25) is 0 Å². The monoisotopic (exact) mass is 169 g/mol. The Hall–Kier alpha value is -1.78. The molecule has 0 bridgehead atoms. The Morgan fingerprint density at radius 3 is 2.42 bits per heavy atom. The van der Waals surface area contributed by atoms with Crippen LogP contribution in [0.15, 0.2) is 12.1 Å². The summed E-state index contributed by atoms with van der Waals surface area (Å²) in [6.07, 6.45) is -0.187. The Morgan fingerprint density at radius 1 is 1.33 bits per heavy atom. The normalized spacial score (nSPS) is 9.67. The second-order valence-corrected chi connectivity index (χ2v) is 2.27. The lowest BCUT2D eigenvalue weighted by molar-refractivity contribution is -0.136. The maximum atomic E-state index is 10.3. The third kappa shape index (κ3) is 1.85. The summed E-state index contributed by atoms with van der Waals surface area (Å²) in [5.41, 5.74) is 0.395. The van der Waals surface area contributed by atoms with Crippen LogP contribution in [0.4, 0.5) is 0 Å². The third-order valence-corrected chi connectivity index (χ3v) is 1.32. The summed E-state index contributed by atoms with van der Waals surface area (Å²) in [7, 11) is 0. The zero-order valence-corrected chi connectivity index (χ0v) is 6.07. The fourth-order valence-corrected chi connectivity index (χ4v) is 0.831. The Bertz CT molecular complexity index is 315. The van der Waals surface area contributed by atoms with E-state index in [9.17, 15) is 9.59 Å². The van der Waals surface area contributed by atoms with Crippen LogP contribution in [0.25, 0.3) is 0 Å². The van der Waals surface area contributed by atoms with Crippen LogP contribution < -0.4 is 0 Å². The minimum atomic E-state index is -1.09. The van der Waals surface area contributed by atoms with Gasteiger partial charge in [-0.1, -0.05) is 0 Å². The van der Waals surface area contributed by atoms with Gasteiger partial charge in [-0.3, -0.25) is 4.79 Å². The number of carbonyl (C=O) groups is 2. The molecule has 5 nitrogen and oxygen atoms in total. The summed E-state index contributed by atoms with van der Waals surface area (Å²) in [4.78, 5) is 23.0. The predicted molar refractivity (Wildman–Crippen MR) is 39.1 cm³/mol. The number of rotatable bonds is 3. The lowest BCUT2D eigenvalue weighted by atomic mass is 10.3. The Kier molecular flexibility index (Phi) is 2.14. The van der Waals surface area contributed by atoms with Crippen LogP contribution >= 0.6 is 0 Å². The van der Waals surface area contributed by atoms with Crippen molar-refractivity contribution in [2.75, 3.05) is 0 Å². The lowest BCUT2D eigenvalue weighted by Gasteiger charge is -1.89. The average molecular weight is 169 g/mol. The van der Waals surface area contributed by atoms with E-state index < -0.39 is 11.9 Å². The summed E-state index contributed by atoms with van der Waals surface area (Å²) in [5, 5.41) is 16.8. The van der Waals surface area contributed by atoms with Crippen molar-refractivity contribution in [1.82, 2.24) is 4.98 Å². The van der Waals surface area contributed by atoms with E-state index in [1.807, 2.05) is 0 Å². The SMILES string of the molecule is O=C(O)Cc1ccc(C(=O)O)[nH]1. The van der Waals surface area contributed by atoms with Gasteiger partial charge < -0.3 is 15.2 Å². The highest BCUT2D eigenvalue weighted by Crippen LogP contribution is 2.02. The molecule has 1 aromatic heterocycles. The summed E-state index contributed by atoms with van der Waals surface area (Å²) in [6.45, 7) is 0. The number of aromatic carboxylic acids is 1. The van der Waals surface area contributed by atoms with Gasteiger partial charge >= 0.3 is 11.9 Å². The first kappa shape index (κ1) is 8.32. The van der Waals surface area contributed by atoms with Gasteiger partial charge in [0, 0.05) is 5.69 Å². The van der Waals surface area contributed by atoms with Crippen molar-refractivity contribution in [2.45, 2.75) is 6.42 Å². The van der Waals surface area contributed by atoms with Gasteiger partial charge in [-0.25, -0.2) is 4.79 Å². The zero-order chi connectivity index (χ0) is 9.14. The van der Waals surface area contributed by atoms with Crippen molar-refractivity contribution in [2.24, 2.45) is 0 Å². The molecule has 0 aliphatic rings. The van der Waals surface area contributed by atoms with Gasteiger partial charge in [-0.05, 0) is 12.1 Å². The Morgan fingerprint density at radius 2 is 2.00 bits per heavy atom. The molecule has 0 saturated carbocycles. The Labute approximate surface area is 67.6 Å². The molecule has 1 rings (SSSR count). The molecule has 0 aliphatic carbocycles. The van der Waals surface area contributed by atoms with Crippen LogP contribution in [0.5, 0.6) is 0 Å². The smallest absolute Gasteiger partial charge is 0.352 e. The molecule has 0 atom stereocenters. The van der Waals surface area contributed by atoms with Crippen LogP contribution in [-0.4, -0.2) is 27.1 Å². The molecular formula is C7H7NO4. The van der Waals surface area contributed by atoms with E-state index in [1.165, 1.54) is 12.1 Å². The first-order chi connectivity index (χ1) is 5.59. The molecule has 0 spiro atoms. The van der Waals surface area contributed by atoms with E-state index in [0.29, 0.717) is 5.69 Å². The molecule has 1 aromatic rings. The predicted octanol–water partition coefficient (Wildman–Crippen LogP) is 0.340. The van der Waals surface area contributed by atoms with Crippen molar-refractivity contribution < 1.29 is 19.8 Å². The highest BCUT2D eigenvalue weighted by atomic mass is 16.4. The molecule has 0 fully saturated rings. The standard InChI is InChI=1S/C7H7NO4/c9-6(10)3-4-1-2-5(8-4)7(11)12/h1-2,8H,3H2,(H,9,10)(H,11,12). The van der Waals surface area contributed by atoms with E-state index in [0.717, 1.165) is 0 Å². The number of hydrogen-bond acceptors (Lipinski definition) is 2. The second-order valence-electron chi connectivity index (χ2n) is 2.27. The number of carboxylic acids is 2. The third-order valence-electron chi connectivity index (χ3n) is 1.32. The van der Waals surface area contributed by atoms with Gasteiger partial charge in [-0.2, -0.15) is 0 Å². The molecule has 0 saturated heterocycles. The maximum absolute atomic E-state index is 10.3. The highest BCUT2D eigenvalue weighted by molar-refractivity contribution is 5.85. The highest BCUT2D eigenvalue weighted by Gasteiger charge is 2.07. The molecule has 64 valence electrons. The van der Waals surface area contributed by atoms with E-state index >= 15 is 0 Å². The van der Waals surface area contributed by atoms with Gasteiger partial charge in [0.15, 0.2) is 0 Å². The minimum absolute atomic E-state index is 0.00579. The van der Waals surface area contributed by atoms with Crippen molar-refractivity contribution in [3.8, 4) is 0 Å². The molecule has 1 heterocycles. The number of H-pyrrole nitrogens is 1. The molecule has 0 aromatic carbocycles. The van der Waals surface area contributed by atoms with Crippen LogP contribution in [-0.2, 0) is 11.2 Å². The van der Waals surface area contributed by atoms with Gasteiger partial charge in [0.05, 0.1) is 6.42 Å². The fourth-order valence-electron chi connectivity index (χ4n) is 0.831. The topological polar surface area (TPSA) is 90.4 Å². The fraction of sp³-hybridized carbons (Fsp3) is 0.143. The van der Waals surface area contributed by atoms with Crippen molar-refractivity contribution in [3.05, 3.63) is 23.5 Å². The summed E-state index contributed by atoms with van der Waals surface area (Å²) in [5.74, 6) is -2.08. The Balaban J connectivity index is 2.77. The first-order valence-corrected chi connectivity index (χ1v) is 3.22. The second kappa shape index (κ2) is 3.08. The van der Waals surface area contributed by atoms with Crippen molar-refractivity contribution >= 4 is 11.9 Å². The molecule has 0 aliphatic heterocycles. The minimum Gasteiger partial charge on any atom is -0.481 e. The van der Waals surface area contributed by atoms with Gasteiger partial charge in [0.25, 0.3) is 0 Å². The summed E-state index contributed by atoms with van der Waals surface area (Å²) < 4.78 is 0.